The first-order valence-electron chi connectivity index (χ1n) is 7.03. The fourth-order valence-corrected chi connectivity index (χ4v) is 2.97. The summed E-state index contributed by atoms with van der Waals surface area (Å²) in [6.07, 6.45) is 0. The van der Waals surface area contributed by atoms with E-state index in [4.69, 9.17) is 4.74 Å². The summed E-state index contributed by atoms with van der Waals surface area (Å²) in [5, 5.41) is 0.710. The van der Waals surface area contributed by atoms with Crippen LogP contribution in [0.5, 0.6) is 0 Å². The molecule has 0 atom stereocenters. The Morgan fingerprint density at radius 3 is 2.35 bits per heavy atom. The maximum atomic E-state index is 12.9. The Kier molecular flexibility index (Phi) is 4.05. The highest BCUT2D eigenvalue weighted by atomic mass is 79.9. The summed E-state index contributed by atoms with van der Waals surface area (Å²) in [6, 6.07) is 14.4. The van der Waals surface area contributed by atoms with Crippen molar-refractivity contribution in [3.05, 3.63) is 69.8 Å². The van der Waals surface area contributed by atoms with E-state index in [9.17, 15) is 9.59 Å². The SMILES string of the molecule is COC(=O)c1c(C)n(C(=O)c2ccc(Br)cc2)c2ccccc12. The second-order valence-corrected chi connectivity index (χ2v) is 6.03. The predicted octanol–water partition coefficient (Wildman–Crippen LogP) is 4.19. The van der Waals surface area contributed by atoms with Crippen LogP contribution in [0.4, 0.5) is 0 Å². The molecule has 0 saturated carbocycles. The fraction of sp³-hybridized carbons (Fsp3) is 0.111. The minimum atomic E-state index is -0.443. The predicted molar refractivity (Wildman–Crippen MR) is 91.9 cm³/mol. The summed E-state index contributed by atoms with van der Waals surface area (Å²) < 4.78 is 7.33. The Balaban J connectivity index is 2.25. The van der Waals surface area contributed by atoms with E-state index in [1.807, 2.05) is 36.4 Å². The van der Waals surface area contributed by atoms with Gasteiger partial charge in [0.15, 0.2) is 0 Å². The number of carbonyl (C=O) groups excluding carboxylic acids is 2. The molecule has 0 aliphatic heterocycles. The van der Waals surface area contributed by atoms with Crippen molar-refractivity contribution in [3.8, 4) is 0 Å². The molecule has 2 aromatic carbocycles. The minimum absolute atomic E-state index is 0.179. The van der Waals surface area contributed by atoms with Gasteiger partial charge in [-0.3, -0.25) is 9.36 Å². The zero-order chi connectivity index (χ0) is 16.6. The second-order valence-electron chi connectivity index (χ2n) is 5.12. The lowest BCUT2D eigenvalue weighted by molar-refractivity contribution is 0.0602. The highest BCUT2D eigenvalue weighted by Gasteiger charge is 2.23. The van der Waals surface area contributed by atoms with E-state index in [1.165, 1.54) is 7.11 Å². The number of esters is 1. The Morgan fingerprint density at radius 1 is 1.04 bits per heavy atom. The normalized spacial score (nSPS) is 10.7. The van der Waals surface area contributed by atoms with Crippen molar-refractivity contribution in [2.45, 2.75) is 6.92 Å². The van der Waals surface area contributed by atoms with Gasteiger partial charge >= 0.3 is 5.97 Å². The number of carbonyl (C=O) groups is 2. The quantitative estimate of drug-likeness (QED) is 0.634. The molecular formula is C18H14BrNO3. The zero-order valence-corrected chi connectivity index (χ0v) is 14.3. The first-order valence-corrected chi connectivity index (χ1v) is 7.82. The summed E-state index contributed by atoms with van der Waals surface area (Å²) >= 11 is 3.36. The van der Waals surface area contributed by atoms with Crippen molar-refractivity contribution in [2.24, 2.45) is 0 Å². The van der Waals surface area contributed by atoms with Gasteiger partial charge in [0, 0.05) is 21.1 Å². The molecule has 0 radical (unpaired) electrons. The third-order valence-electron chi connectivity index (χ3n) is 3.80. The second kappa shape index (κ2) is 6.01. The molecule has 0 N–H and O–H groups in total. The zero-order valence-electron chi connectivity index (χ0n) is 12.7. The van der Waals surface area contributed by atoms with Crippen LogP contribution in [-0.4, -0.2) is 23.6 Å². The third-order valence-corrected chi connectivity index (χ3v) is 4.32. The number of nitrogens with zero attached hydrogens (tertiary/aromatic N) is 1. The van der Waals surface area contributed by atoms with Crippen LogP contribution in [0.15, 0.2) is 53.0 Å². The molecule has 0 unspecified atom stereocenters. The van der Waals surface area contributed by atoms with Crippen molar-refractivity contribution in [1.29, 1.82) is 0 Å². The Morgan fingerprint density at radius 2 is 1.70 bits per heavy atom. The van der Waals surface area contributed by atoms with E-state index in [1.54, 1.807) is 23.6 Å². The highest BCUT2D eigenvalue weighted by molar-refractivity contribution is 9.10. The average molecular weight is 372 g/mol. The molecule has 0 bridgehead atoms. The van der Waals surface area contributed by atoms with Gasteiger partial charge in [0.25, 0.3) is 5.91 Å². The van der Waals surface area contributed by atoms with Gasteiger partial charge in [-0.25, -0.2) is 4.79 Å². The van der Waals surface area contributed by atoms with Crippen LogP contribution in [0, 0.1) is 6.92 Å². The molecule has 0 aliphatic rings. The van der Waals surface area contributed by atoms with Gasteiger partial charge in [-0.05, 0) is 37.3 Å². The Bertz CT molecular complexity index is 910. The summed E-state index contributed by atoms with van der Waals surface area (Å²) in [5.41, 5.74) is 2.24. The monoisotopic (exact) mass is 371 g/mol. The van der Waals surface area contributed by atoms with Gasteiger partial charge in [-0.2, -0.15) is 0 Å². The Hall–Kier alpha value is -2.40. The third kappa shape index (κ3) is 2.57. The van der Waals surface area contributed by atoms with Crippen LogP contribution >= 0.6 is 15.9 Å². The molecule has 23 heavy (non-hydrogen) atoms. The molecule has 0 fully saturated rings. The van der Waals surface area contributed by atoms with Crippen LogP contribution in [0.3, 0.4) is 0 Å². The molecule has 5 heteroatoms. The summed E-state index contributed by atoms with van der Waals surface area (Å²) in [5.74, 6) is -0.623. The lowest BCUT2D eigenvalue weighted by atomic mass is 10.1. The molecule has 0 amide bonds. The largest absolute Gasteiger partial charge is 0.465 e. The molecule has 3 rings (SSSR count). The van der Waals surface area contributed by atoms with Crippen molar-refractivity contribution in [3.63, 3.8) is 0 Å². The molecule has 4 nitrogen and oxygen atoms in total. The lowest BCUT2D eigenvalue weighted by Crippen LogP contribution is -2.14. The van der Waals surface area contributed by atoms with E-state index >= 15 is 0 Å². The summed E-state index contributed by atoms with van der Waals surface area (Å²) in [6.45, 7) is 1.75. The van der Waals surface area contributed by atoms with Crippen LogP contribution in [0.25, 0.3) is 10.9 Å². The summed E-state index contributed by atoms with van der Waals surface area (Å²) in [4.78, 5) is 25.0. The van der Waals surface area contributed by atoms with Crippen LogP contribution in [0.1, 0.15) is 26.4 Å². The van der Waals surface area contributed by atoms with E-state index in [-0.39, 0.29) is 5.91 Å². The number of halogens is 1. The van der Waals surface area contributed by atoms with Crippen LogP contribution in [0.2, 0.25) is 0 Å². The number of para-hydroxylation sites is 1. The number of ether oxygens (including phenoxy) is 1. The van der Waals surface area contributed by atoms with Crippen LogP contribution < -0.4 is 0 Å². The van der Waals surface area contributed by atoms with Gasteiger partial charge in [0.2, 0.25) is 0 Å². The van der Waals surface area contributed by atoms with Gasteiger partial charge in [-0.1, -0.05) is 34.1 Å². The highest BCUT2D eigenvalue weighted by Crippen LogP contribution is 2.27. The van der Waals surface area contributed by atoms with E-state index in [0.29, 0.717) is 27.7 Å². The molecule has 0 spiro atoms. The molecule has 3 aromatic rings. The lowest BCUT2D eigenvalue weighted by Gasteiger charge is -2.07. The minimum Gasteiger partial charge on any atom is -0.465 e. The van der Waals surface area contributed by atoms with E-state index < -0.39 is 5.97 Å². The first-order chi connectivity index (χ1) is 11.0. The topological polar surface area (TPSA) is 48.3 Å². The smallest absolute Gasteiger partial charge is 0.340 e. The molecule has 0 aliphatic carbocycles. The van der Waals surface area contributed by atoms with Crippen molar-refractivity contribution >= 4 is 38.7 Å². The van der Waals surface area contributed by atoms with Gasteiger partial charge < -0.3 is 4.74 Å². The van der Waals surface area contributed by atoms with Gasteiger partial charge in [0.05, 0.1) is 18.2 Å². The molecular weight excluding hydrogens is 358 g/mol. The number of aromatic nitrogens is 1. The van der Waals surface area contributed by atoms with Crippen molar-refractivity contribution < 1.29 is 14.3 Å². The number of hydrogen-bond donors (Lipinski definition) is 0. The molecule has 1 heterocycles. The first kappa shape index (κ1) is 15.5. The molecule has 1 aromatic heterocycles. The van der Waals surface area contributed by atoms with E-state index in [0.717, 1.165) is 4.47 Å². The number of methoxy groups -OCH3 is 1. The van der Waals surface area contributed by atoms with E-state index in [2.05, 4.69) is 15.9 Å². The Labute approximate surface area is 141 Å². The van der Waals surface area contributed by atoms with Crippen LogP contribution in [-0.2, 0) is 4.74 Å². The number of hydrogen-bond acceptors (Lipinski definition) is 3. The molecule has 0 saturated heterocycles. The number of benzene rings is 2. The molecule has 116 valence electrons. The van der Waals surface area contributed by atoms with Gasteiger partial charge in [-0.15, -0.1) is 0 Å². The summed E-state index contributed by atoms with van der Waals surface area (Å²) in [7, 11) is 1.34. The fourth-order valence-electron chi connectivity index (χ4n) is 2.71. The van der Waals surface area contributed by atoms with Gasteiger partial charge in [0.1, 0.15) is 0 Å². The average Bonchev–Trinajstić information content (AvgIpc) is 2.86. The standard InChI is InChI=1S/C18H14BrNO3/c1-11-16(18(22)23-2)14-5-3-4-6-15(14)20(11)17(21)12-7-9-13(19)10-8-12/h3-10H,1-2H3. The number of rotatable bonds is 2. The van der Waals surface area contributed by atoms with Crippen molar-refractivity contribution in [2.75, 3.05) is 7.11 Å². The maximum absolute atomic E-state index is 12.9. The maximum Gasteiger partial charge on any atom is 0.340 e. The van der Waals surface area contributed by atoms with Crippen molar-refractivity contribution in [1.82, 2.24) is 4.57 Å². The number of fused-ring (bicyclic) bond motifs is 1.